The van der Waals surface area contributed by atoms with Crippen LogP contribution in [0.15, 0.2) is 30.5 Å². The van der Waals surface area contributed by atoms with Crippen LogP contribution in [0.3, 0.4) is 0 Å². The lowest BCUT2D eigenvalue weighted by molar-refractivity contribution is 0.415. The van der Waals surface area contributed by atoms with E-state index in [0.717, 1.165) is 29.1 Å². The highest BCUT2D eigenvalue weighted by Crippen LogP contribution is 2.26. The van der Waals surface area contributed by atoms with E-state index >= 15 is 0 Å². The van der Waals surface area contributed by atoms with E-state index < -0.39 is 0 Å². The van der Waals surface area contributed by atoms with Crippen LogP contribution in [0.2, 0.25) is 0 Å². The first-order valence-corrected chi connectivity index (χ1v) is 7.82. The summed E-state index contributed by atoms with van der Waals surface area (Å²) in [5.74, 6) is 2.95. The van der Waals surface area contributed by atoms with Gasteiger partial charge < -0.3 is 10.1 Å². The van der Waals surface area contributed by atoms with Crippen molar-refractivity contribution in [2.75, 3.05) is 24.4 Å². The lowest BCUT2D eigenvalue weighted by atomic mass is 10.1. The minimum absolute atomic E-state index is 0.414. The monoisotopic (exact) mass is 276 g/mol. The van der Waals surface area contributed by atoms with Gasteiger partial charge in [-0.15, -0.1) is 0 Å². The largest absolute Gasteiger partial charge is 0.497 e. The van der Waals surface area contributed by atoms with Crippen molar-refractivity contribution < 1.29 is 4.74 Å². The summed E-state index contributed by atoms with van der Waals surface area (Å²) in [6, 6.07) is 8.51. The first-order valence-electron chi connectivity index (χ1n) is 6.43. The third-order valence-corrected chi connectivity index (χ3v) is 3.76. The molecule has 0 aliphatic heterocycles. The van der Waals surface area contributed by atoms with E-state index in [9.17, 15) is 0 Å². The molecule has 102 valence electrons. The van der Waals surface area contributed by atoms with Gasteiger partial charge in [0.05, 0.1) is 7.11 Å². The molecule has 0 saturated carbocycles. The molecule has 1 heterocycles. The Hall–Kier alpha value is -1.42. The molecule has 0 fully saturated rings. The van der Waals surface area contributed by atoms with E-state index in [4.69, 9.17) is 4.74 Å². The topological polar surface area (TPSA) is 34.1 Å². The molecule has 19 heavy (non-hydrogen) atoms. The molecule has 0 bridgehead atoms. The van der Waals surface area contributed by atoms with Crippen LogP contribution >= 0.6 is 11.8 Å². The Kier molecular flexibility index (Phi) is 4.91. The summed E-state index contributed by atoms with van der Waals surface area (Å²) < 4.78 is 5.29. The van der Waals surface area contributed by atoms with Crippen LogP contribution in [0, 0.1) is 0 Å². The van der Waals surface area contributed by atoms with Crippen molar-refractivity contribution >= 4 is 28.4 Å². The van der Waals surface area contributed by atoms with Crippen LogP contribution in [0.5, 0.6) is 5.75 Å². The number of hydrogen-bond acceptors (Lipinski definition) is 4. The average Bonchev–Trinajstić information content (AvgIpc) is 2.45. The fourth-order valence-corrected chi connectivity index (χ4v) is 2.58. The molecule has 0 amide bonds. The lowest BCUT2D eigenvalue weighted by Gasteiger charge is -2.15. The molecule has 0 spiro atoms. The molecule has 1 N–H and O–H groups in total. The first kappa shape index (κ1) is 14.0. The van der Waals surface area contributed by atoms with Crippen LogP contribution in [0.4, 0.5) is 5.82 Å². The zero-order valence-electron chi connectivity index (χ0n) is 11.6. The van der Waals surface area contributed by atoms with Crippen molar-refractivity contribution in [3.63, 3.8) is 0 Å². The van der Waals surface area contributed by atoms with E-state index in [1.54, 1.807) is 7.11 Å². The minimum Gasteiger partial charge on any atom is -0.497 e. The van der Waals surface area contributed by atoms with Crippen LogP contribution in [0.25, 0.3) is 10.8 Å². The van der Waals surface area contributed by atoms with Gasteiger partial charge in [0.25, 0.3) is 0 Å². The van der Waals surface area contributed by atoms with Gasteiger partial charge in [0.2, 0.25) is 0 Å². The number of ether oxygens (including phenoxy) is 1. The van der Waals surface area contributed by atoms with E-state index in [1.165, 1.54) is 5.39 Å². The predicted octanol–water partition coefficient (Wildman–Crippen LogP) is 3.80. The van der Waals surface area contributed by atoms with Gasteiger partial charge >= 0.3 is 0 Å². The quantitative estimate of drug-likeness (QED) is 0.870. The Labute approximate surface area is 118 Å². The number of fused-ring (bicyclic) bond motifs is 1. The van der Waals surface area contributed by atoms with Gasteiger partial charge in [0.15, 0.2) is 0 Å². The molecule has 1 atom stereocenters. The molecular weight excluding hydrogens is 256 g/mol. The number of anilines is 1. The van der Waals surface area contributed by atoms with Crippen LogP contribution < -0.4 is 10.1 Å². The van der Waals surface area contributed by atoms with Gasteiger partial charge in [-0.05, 0) is 48.9 Å². The van der Waals surface area contributed by atoms with Crippen LogP contribution in [0.1, 0.15) is 13.3 Å². The third-order valence-electron chi connectivity index (χ3n) is 3.11. The average molecular weight is 276 g/mol. The summed E-state index contributed by atoms with van der Waals surface area (Å²) in [5, 5.41) is 5.78. The van der Waals surface area contributed by atoms with Crippen molar-refractivity contribution in [2.45, 2.75) is 19.4 Å². The molecule has 3 nitrogen and oxygen atoms in total. The first-order chi connectivity index (χ1) is 9.24. The van der Waals surface area contributed by atoms with Crippen molar-refractivity contribution in [3.8, 4) is 5.75 Å². The number of hydrogen-bond donors (Lipinski definition) is 1. The maximum atomic E-state index is 5.29. The molecule has 0 aliphatic carbocycles. The van der Waals surface area contributed by atoms with Gasteiger partial charge in [0.1, 0.15) is 11.6 Å². The van der Waals surface area contributed by atoms with Crippen molar-refractivity contribution in [2.24, 2.45) is 0 Å². The molecule has 0 radical (unpaired) electrons. The van der Waals surface area contributed by atoms with E-state index in [1.807, 2.05) is 36.2 Å². The van der Waals surface area contributed by atoms with Gasteiger partial charge in [-0.25, -0.2) is 4.98 Å². The molecule has 1 aromatic heterocycles. The third kappa shape index (κ3) is 3.53. The Morgan fingerprint density at radius 1 is 1.37 bits per heavy atom. The number of nitrogens with zero attached hydrogens (tertiary/aromatic N) is 1. The number of rotatable bonds is 6. The molecule has 4 heteroatoms. The Morgan fingerprint density at radius 3 is 2.95 bits per heavy atom. The fraction of sp³-hybridized carbons (Fsp3) is 0.400. The van der Waals surface area contributed by atoms with Gasteiger partial charge in [0, 0.05) is 17.6 Å². The van der Waals surface area contributed by atoms with Gasteiger partial charge in [-0.2, -0.15) is 11.8 Å². The summed E-state index contributed by atoms with van der Waals surface area (Å²) in [6.07, 6.45) is 5.11. The number of aromatic nitrogens is 1. The minimum atomic E-state index is 0.414. The maximum Gasteiger partial charge on any atom is 0.134 e. The van der Waals surface area contributed by atoms with Crippen LogP contribution in [-0.2, 0) is 0 Å². The normalized spacial score (nSPS) is 12.4. The molecule has 2 rings (SSSR count). The molecule has 1 aromatic carbocycles. The zero-order valence-corrected chi connectivity index (χ0v) is 12.5. The fourth-order valence-electron chi connectivity index (χ4n) is 1.99. The SMILES string of the molecule is COc1ccc2ccnc(NC(C)CCSC)c2c1. The van der Waals surface area contributed by atoms with E-state index in [0.29, 0.717) is 6.04 Å². The van der Waals surface area contributed by atoms with Crippen molar-refractivity contribution in [1.82, 2.24) is 4.98 Å². The van der Waals surface area contributed by atoms with Crippen molar-refractivity contribution in [1.29, 1.82) is 0 Å². The highest BCUT2D eigenvalue weighted by molar-refractivity contribution is 7.98. The number of nitrogens with one attached hydrogen (secondary N) is 1. The van der Waals surface area contributed by atoms with Gasteiger partial charge in [-0.3, -0.25) is 0 Å². The summed E-state index contributed by atoms with van der Waals surface area (Å²) in [4.78, 5) is 4.46. The lowest BCUT2D eigenvalue weighted by Crippen LogP contribution is -2.16. The highest BCUT2D eigenvalue weighted by Gasteiger charge is 2.07. The van der Waals surface area contributed by atoms with Gasteiger partial charge in [-0.1, -0.05) is 6.07 Å². The smallest absolute Gasteiger partial charge is 0.134 e. The molecular formula is C15H20N2OS. The molecule has 0 aliphatic rings. The number of thioether (sulfide) groups is 1. The molecule has 2 aromatic rings. The molecule has 0 saturated heterocycles. The Bertz CT molecular complexity index is 545. The maximum absolute atomic E-state index is 5.29. The van der Waals surface area contributed by atoms with Crippen molar-refractivity contribution in [3.05, 3.63) is 30.5 Å². The highest BCUT2D eigenvalue weighted by atomic mass is 32.2. The Balaban J connectivity index is 2.26. The second-order valence-electron chi connectivity index (χ2n) is 4.57. The number of benzene rings is 1. The second kappa shape index (κ2) is 6.66. The standard InChI is InChI=1S/C15H20N2OS/c1-11(7-9-19-3)17-15-14-10-13(18-2)5-4-12(14)6-8-16-15/h4-6,8,10-11H,7,9H2,1-3H3,(H,16,17). The second-order valence-corrected chi connectivity index (χ2v) is 5.56. The Morgan fingerprint density at radius 2 is 2.21 bits per heavy atom. The predicted molar refractivity (Wildman–Crippen MR) is 84.4 cm³/mol. The van der Waals surface area contributed by atoms with Crippen LogP contribution in [-0.4, -0.2) is 30.1 Å². The number of pyridine rings is 1. The summed E-state index contributed by atoms with van der Waals surface area (Å²) >= 11 is 1.87. The summed E-state index contributed by atoms with van der Waals surface area (Å²) in [5.41, 5.74) is 0. The van der Waals surface area contributed by atoms with E-state index in [2.05, 4.69) is 29.5 Å². The zero-order chi connectivity index (χ0) is 13.7. The summed E-state index contributed by atoms with van der Waals surface area (Å²) in [7, 11) is 1.69. The van der Waals surface area contributed by atoms with E-state index in [-0.39, 0.29) is 0 Å². The number of methoxy groups -OCH3 is 1. The molecule has 1 unspecified atom stereocenters. The summed E-state index contributed by atoms with van der Waals surface area (Å²) in [6.45, 7) is 2.19.